The number of Topliss-reactive ketones (excluding diaryl/α,β-unsaturated/α-hetero) is 2. The third kappa shape index (κ3) is 3.03. The normalized spacial score (nSPS) is 23.1. The summed E-state index contributed by atoms with van der Waals surface area (Å²) in [5.41, 5.74) is 0.632. The largest absolute Gasteiger partial charge is 0.378 e. The van der Waals surface area contributed by atoms with E-state index in [9.17, 15) is 9.59 Å². The third-order valence-electron chi connectivity index (χ3n) is 3.49. The van der Waals surface area contributed by atoms with Crippen molar-refractivity contribution in [1.82, 2.24) is 4.57 Å². The van der Waals surface area contributed by atoms with E-state index >= 15 is 0 Å². The Morgan fingerprint density at radius 3 is 2.55 bits per heavy atom. The van der Waals surface area contributed by atoms with E-state index in [1.165, 1.54) is 10.6 Å². The first kappa shape index (κ1) is 15.8. The van der Waals surface area contributed by atoms with Crippen LogP contribution in [0.25, 0.3) is 0 Å². The molecular weight excluding hydrogens is 325 g/mol. The smallest absolute Gasteiger partial charge is 0.255 e. The molecule has 2 heterocycles. The molecule has 1 aliphatic rings. The number of hydrogen-bond donors (Lipinski definition) is 0. The number of carbonyl (C=O) groups excluding carboxylic acids is 2. The van der Waals surface area contributed by atoms with Gasteiger partial charge in [0.25, 0.3) is 3.79 Å². The standard InChI is InChI=1S/C13H14Cl3NO3/c1-7-9(3-4-20-7)11(18)8-5-10(17(2)6-8)12(19)13(14,15)16/h5-7,9H,3-4H2,1-2H3. The van der Waals surface area contributed by atoms with Gasteiger partial charge in [-0.25, -0.2) is 0 Å². The van der Waals surface area contributed by atoms with Gasteiger partial charge in [-0.1, -0.05) is 34.8 Å². The molecule has 0 amide bonds. The van der Waals surface area contributed by atoms with Gasteiger partial charge in [0.15, 0.2) is 5.78 Å². The minimum absolute atomic E-state index is 0.0473. The molecule has 0 aliphatic carbocycles. The maximum Gasteiger partial charge on any atom is 0.255 e. The molecule has 7 heteroatoms. The van der Waals surface area contributed by atoms with Crippen LogP contribution in [0.3, 0.4) is 0 Å². The van der Waals surface area contributed by atoms with Crippen molar-refractivity contribution < 1.29 is 14.3 Å². The van der Waals surface area contributed by atoms with E-state index in [0.717, 1.165) is 0 Å². The van der Waals surface area contributed by atoms with E-state index in [0.29, 0.717) is 18.6 Å². The number of aromatic nitrogens is 1. The average Bonchev–Trinajstić information content (AvgIpc) is 2.92. The Kier molecular flexibility index (Phi) is 4.50. The van der Waals surface area contributed by atoms with Gasteiger partial charge < -0.3 is 9.30 Å². The second-order valence-electron chi connectivity index (χ2n) is 4.89. The molecule has 1 aromatic heterocycles. The molecule has 0 N–H and O–H groups in total. The molecule has 2 atom stereocenters. The summed E-state index contributed by atoms with van der Waals surface area (Å²) in [6.07, 6.45) is 2.15. The number of carbonyl (C=O) groups is 2. The number of halogens is 3. The van der Waals surface area contributed by atoms with Crippen LogP contribution in [0, 0.1) is 5.92 Å². The number of ether oxygens (including phenoxy) is 1. The molecule has 2 rings (SSSR count). The van der Waals surface area contributed by atoms with Crippen molar-refractivity contribution >= 4 is 46.4 Å². The lowest BCUT2D eigenvalue weighted by Gasteiger charge is -2.11. The molecule has 4 nitrogen and oxygen atoms in total. The Morgan fingerprint density at radius 2 is 2.05 bits per heavy atom. The van der Waals surface area contributed by atoms with Crippen LogP contribution in [0.1, 0.15) is 34.2 Å². The second-order valence-corrected chi connectivity index (χ2v) is 7.17. The van der Waals surface area contributed by atoms with Crippen LogP contribution in [0.2, 0.25) is 0 Å². The fraction of sp³-hybridized carbons (Fsp3) is 0.538. The first-order valence-electron chi connectivity index (χ1n) is 6.15. The molecule has 1 aromatic rings. The van der Waals surface area contributed by atoms with Crippen molar-refractivity contribution in [2.24, 2.45) is 13.0 Å². The van der Waals surface area contributed by atoms with Gasteiger partial charge in [0.2, 0.25) is 5.78 Å². The van der Waals surface area contributed by atoms with Crippen LogP contribution < -0.4 is 0 Å². The number of aryl methyl sites for hydroxylation is 1. The molecule has 0 aromatic carbocycles. The highest BCUT2D eigenvalue weighted by molar-refractivity contribution is 6.77. The van der Waals surface area contributed by atoms with Gasteiger partial charge >= 0.3 is 0 Å². The van der Waals surface area contributed by atoms with Crippen molar-refractivity contribution in [3.8, 4) is 0 Å². The summed E-state index contributed by atoms with van der Waals surface area (Å²) >= 11 is 16.8. The molecule has 2 unspecified atom stereocenters. The van der Waals surface area contributed by atoms with Crippen LogP contribution in [0.4, 0.5) is 0 Å². The Morgan fingerprint density at radius 1 is 1.40 bits per heavy atom. The van der Waals surface area contributed by atoms with Crippen molar-refractivity contribution in [2.45, 2.75) is 23.2 Å². The topological polar surface area (TPSA) is 48.3 Å². The summed E-state index contributed by atoms with van der Waals surface area (Å²) < 4.78 is 4.86. The number of ketones is 2. The van der Waals surface area contributed by atoms with Gasteiger partial charge in [0.05, 0.1) is 17.7 Å². The predicted molar refractivity (Wildman–Crippen MR) is 77.9 cm³/mol. The predicted octanol–water partition coefficient (Wildman–Crippen LogP) is 3.19. The highest BCUT2D eigenvalue weighted by Gasteiger charge is 2.36. The monoisotopic (exact) mass is 337 g/mol. The lowest BCUT2D eigenvalue weighted by Crippen LogP contribution is -2.22. The van der Waals surface area contributed by atoms with Crippen molar-refractivity contribution in [2.75, 3.05) is 6.61 Å². The fourth-order valence-corrected chi connectivity index (χ4v) is 2.65. The van der Waals surface area contributed by atoms with Gasteiger partial charge in [-0.3, -0.25) is 9.59 Å². The Labute approximate surface area is 131 Å². The minimum atomic E-state index is -2.03. The number of rotatable bonds is 3. The van der Waals surface area contributed by atoms with Crippen LogP contribution in [-0.2, 0) is 11.8 Å². The fourth-order valence-electron chi connectivity index (χ4n) is 2.36. The van der Waals surface area contributed by atoms with Crippen molar-refractivity contribution in [1.29, 1.82) is 0 Å². The number of nitrogens with zero attached hydrogens (tertiary/aromatic N) is 1. The lowest BCUT2D eigenvalue weighted by atomic mass is 9.94. The molecular formula is C13H14Cl3NO3. The average molecular weight is 339 g/mol. The molecule has 0 bridgehead atoms. The molecule has 1 aliphatic heterocycles. The molecule has 0 radical (unpaired) electrons. The van der Waals surface area contributed by atoms with Crippen LogP contribution in [0.5, 0.6) is 0 Å². The van der Waals surface area contributed by atoms with Gasteiger partial charge in [0.1, 0.15) is 0 Å². The minimum Gasteiger partial charge on any atom is -0.378 e. The van der Waals surface area contributed by atoms with Crippen LogP contribution >= 0.6 is 34.8 Å². The number of alkyl halides is 3. The van der Waals surface area contributed by atoms with Crippen LogP contribution in [-0.4, -0.2) is 32.6 Å². The highest BCUT2D eigenvalue weighted by Crippen LogP contribution is 2.32. The summed E-state index contributed by atoms with van der Waals surface area (Å²) in [7, 11) is 1.63. The van der Waals surface area contributed by atoms with E-state index in [2.05, 4.69) is 0 Å². The van der Waals surface area contributed by atoms with Crippen molar-refractivity contribution in [3.63, 3.8) is 0 Å². The number of hydrogen-bond acceptors (Lipinski definition) is 3. The zero-order valence-corrected chi connectivity index (χ0v) is 13.3. The summed E-state index contributed by atoms with van der Waals surface area (Å²) in [5, 5.41) is 0. The zero-order chi connectivity index (χ0) is 15.1. The molecule has 20 heavy (non-hydrogen) atoms. The summed E-state index contributed by atoms with van der Waals surface area (Å²) in [6, 6.07) is 1.47. The van der Waals surface area contributed by atoms with E-state index in [1.54, 1.807) is 13.2 Å². The maximum atomic E-state index is 12.4. The van der Waals surface area contributed by atoms with Gasteiger partial charge in [-0.2, -0.15) is 0 Å². The van der Waals surface area contributed by atoms with Gasteiger partial charge in [0, 0.05) is 25.4 Å². The quantitative estimate of drug-likeness (QED) is 0.628. The summed E-state index contributed by atoms with van der Waals surface area (Å²) in [5.74, 6) is -0.887. The van der Waals surface area contributed by atoms with E-state index in [4.69, 9.17) is 39.5 Å². The Hall–Kier alpha value is -0.550. The molecule has 0 spiro atoms. The summed E-state index contributed by atoms with van der Waals surface area (Å²) in [6.45, 7) is 2.44. The Bertz CT molecular complexity index is 548. The van der Waals surface area contributed by atoms with E-state index in [-0.39, 0.29) is 23.5 Å². The highest BCUT2D eigenvalue weighted by atomic mass is 35.6. The van der Waals surface area contributed by atoms with E-state index in [1.807, 2.05) is 6.92 Å². The van der Waals surface area contributed by atoms with Gasteiger partial charge in [-0.15, -0.1) is 0 Å². The molecule has 1 saturated heterocycles. The lowest BCUT2D eigenvalue weighted by molar-refractivity contribution is 0.0764. The zero-order valence-electron chi connectivity index (χ0n) is 11.0. The first-order chi connectivity index (χ1) is 9.21. The second kappa shape index (κ2) is 5.68. The maximum absolute atomic E-state index is 12.4. The third-order valence-corrected chi connectivity index (χ3v) is 4.01. The first-order valence-corrected chi connectivity index (χ1v) is 7.29. The van der Waals surface area contributed by atoms with E-state index < -0.39 is 9.58 Å². The molecule has 1 fully saturated rings. The van der Waals surface area contributed by atoms with Crippen LogP contribution in [0.15, 0.2) is 12.3 Å². The molecule has 0 saturated carbocycles. The molecule has 110 valence electrons. The van der Waals surface area contributed by atoms with Gasteiger partial charge in [-0.05, 0) is 19.4 Å². The Balaban J connectivity index is 2.27. The van der Waals surface area contributed by atoms with Crippen molar-refractivity contribution in [3.05, 3.63) is 23.5 Å². The SMILES string of the molecule is CC1OCCC1C(=O)c1cc(C(=O)C(Cl)(Cl)Cl)n(C)c1. The summed E-state index contributed by atoms with van der Waals surface area (Å²) in [4.78, 5) is 24.3.